The Bertz CT molecular complexity index is 641. The molecule has 22 heavy (non-hydrogen) atoms. The molecule has 1 amide bonds. The fourth-order valence-electron chi connectivity index (χ4n) is 1.81. The van der Waals surface area contributed by atoms with E-state index in [1.165, 1.54) is 18.9 Å². The van der Waals surface area contributed by atoms with Crippen molar-refractivity contribution in [3.05, 3.63) is 60.2 Å². The minimum Gasteiger partial charge on any atom is -0.465 e. The molecular weight excluding hydrogens is 298 g/mol. The van der Waals surface area contributed by atoms with E-state index in [2.05, 4.69) is 10.1 Å². The van der Waals surface area contributed by atoms with Gasteiger partial charge >= 0.3 is 5.97 Å². The average Bonchev–Trinajstić information content (AvgIpc) is 2.55. The molecule has 1 N–H and O–H groups in total. The van der Waals surface area contributed by atoms with Crippen molar-refractivity contribution < 1.29 is 14.3 Å². The van der Waals surface area contributed by atoms with Crippen LogP contribution in [0.2, 0.25) is 0 Å². The van der Waals surface area contributed by atoms with Crippen LogP contribution in [0, 0.1) is 0 Å². The van der Waals surface area contributed by atoms with E-state index in [1.54, 1.807) is 24.3 Å². The number of anilines is 1. The summed E-state index contributed by atoms with van der Waals surface area (Å²) in [5, 5.41) is 2.61. The summed E-state index contributed by atoms with van der Waals surface area (Å²) in [4.78, 5) is 24.6. The second kappa shape index (κ2) is 7.66. The minimum atomic E-state index is -0.397. The molecule has 0 aliphatic carbocycles. The van der Waals surface area contributed by atoms with Crippen molar-refractivity contribution in [2.45, 2.75) is 17.1 Å². The molecule has 2 aromatic carbocycles. The van der Waals surface area contributed by atoms with Crippen LogP contribution in [0.25, 0.3) is 0 Å². The van der Waals surface area contributed by atoms with Crippen LogP contribution in [0.4, 0.5) is 5.69 Å². The maximum absolute atomic E-state index is 12.2. The smallest absolute Gasteiger partial charge is 0.337 e. The van der Waals surface area contributed by atoms with Gasteiger partial charge < -0.3 is 10.1 Å². The van der Waals surface area contributed by atoms with Crippen molar-refractivity contribution in [3.63, 3.8) is 0 Å². The molecule has 0 bridgehead atoms. The number of carbonyl (C=O) groups is 2. The highest BCUT2D eigenvalue weighted by molar-refractivity contribution is 8.00. The van der Waals surface area contributed by atoms with Gasteiger partial charge in [0, 0.05) is 10.6 Å². The van der Waals surface area contributed by atoms with E-state index < -0.39 is 5.97 Å². The molecule has 0 unspecified atom stereocenters. The zero-order valence-corrected chi connectivity index (χ0v) is 13.2. The summed E-state index contributed by atoms with van der Waals surface area (Å²) in [7, 11) is 1.33. The Morgan fingerprint density at radius 2 is 1.68 bits per heavy atom. The average molecular weight is 315 g/mol. The third-order valence-electron chi connectivity index (χ3n) is 3.00. The molecule has 5 heteroatoms. The van der Waals surface area contributed by atoms with Crippen molar-refractivity contribution in [1.82, 2.24) is 0 Å². The van der Waals surface area contributed by atoms with Gasteiger partial charge in [-0.3, -0.25) is 4.79 Å². The van der Waals surface area contributed by atoms with Gasteiger partial charge in [-0.15, -0.1) is 11.8 Å². The highest BCUT2D eigenvalue weighted by atomic mass is 32.2. The zero-order chi connectivity index (χ0) is 15.9. The number of benzene rings is 2. The second-order valence-corrected chi connectivity index (χ2v) is 6.05. The van der Waals surface area contributed by atoms with Crippen LogP contribution in [-0.2, 0) is 9.53 Å². The molecule has 2 rings (SSSR count). The lowest BCUT2D eigenvalue weighted by atomic mass is 10.2. The van der Waals surface area contributed by atoms with Crippen LogP contribution in [0.15, 0.2) is 59.5 Å². The number of hydrogen-bond acceptors (Lipinski definition) is 4. The quantitative estimate of drug-likeness (QED) is 0.676. The van der Waals surface area contributed by atoms with Crippen LogP contribution < -0.4 is 5.32 Å². The lowest BCUT2D eigenvalue weighted by Gasteiger charge is -2.12. The van der Waals surface area contributed by atoms with Crippen molar-refractivity contribution in [1.29, 1.82) is 0 Å². The first kappa shape index (κ1) is 16.1. The molecular formula is C17H17NO3S. The number of thioether (sulfide) groups is 1. The number of methoxy groups -OCH3 is 1. The number of amides is 1. The first-order valence-electron chi connectivity index (χ1n) is 6.81. The van der Waals surface area contributed by atoms with Crippen molar-refractivity contribution in [2.75, 3.05) is 12.4 Å². The summed E-state index contributed by atoms with van der Waals surface area (Å²) in [6.07, 6.45) is 0. The highest BCUT2D eigenvalue weighted by Gasteiger charge is 2.14. The van der Waals surface area contributed by atoms with Crippen molar-refractivity contribution >= 4 is 29.3 Å². The van der Waals surface area contributed by atoms with Gasteiger partial charge in [0.2, 0.25) is 5.91 Å². The molecule has 0 saturated heterocycles. The summed E-state index contributed by atoms with van der Waals surface area (Å²) in [6, 6.07) is 16.4. The topological polar surface area (TPSA) is 55.4 Å². The lowest BCUT2D eigenvalue weighted by Crippen LogP contribution is -2.22. The van der Waals surface area contributed by atoms with Crippen LogP contribution in [0.3, 0.4) is 0 Å². The standard InChI is InChI=1S/C17H17NO3S/c1-12(22-15-6-4-3-5-7-15)16(19)18-14-10-8-13(9-11-14)17(20)21-2/h3-12H,1-2H3,(H,18,19)/t12-/m0/s1. The van der Waals surface area contributed by atoms with Gasteiger partial charge in [0.25, 0.3) is 0 Å². The molecule has 0 spiro atoms. The molecule has 114 valence electrons. The van der Waals surface area contributed by atoms with E-state index in [9.17, 15) is 9.59 Å². The predicted octanol–water partition coefficient (Wildman–Crippen LogP) is 3.59. The molecule has 0 aliphatic rings. The summed E-state index contributed by atoms with van der Waals surface area (Å²) >= 11 is 1.50. The van der Waals surface area contributed by atoms with E-state index in [0.29, 0.717) is 11.3 Å². The monoisotopic (exact) mass is 315 g/mol. The minimum absolute atomic E-state index is 0.0836. The van der Waals surface area contributed by atoms with Crippen LogP contribution in [0.1, 0.15) is 17.3 Å². The maximum Gasteiger partial charge on any atom is 0.337 e. The van der Waals surface area contributed by atoms with Crippen LogP contribution in [-0.4, -0.2) is 24.2 Å². The van der Waals surface area contributed by atoms with E-state index >= 15 is 0 Å². The normalized spacial score (nSPS) is 11.5. The number of hydrogen-bond donors (Lipinski definition) is 1. The van der Waals surface area contributed by atoms with Crippen molar-refractivity contribution in [2.24, 2.45) is 0 Å². The Hall–Kier alpha value is -2.27. The summed E-state index contributed by atoms with van der Waals surface area (Å²) in [5.74, 6) is -0.481. The number of nitrogens with one attached hydrogen (secondary N) is 1. The Labute approximate surface area is 133 Å². The van der Waals surface area contributed by atoms with Gasteiger partial charge in [0.05, 0.1) is 17.9 Å². The van der Waals surface area contributed by atoms with Gasteiger partial charge in [0.15, 0.2) is 0 Å². The molecule has 4 nitrogen and oxygen atoms in total. The predicted molar refractivity (Wildman–Crippen MR) is 88.2 cm³/mol. The van der Waals surface area contributed by atoms with Crippen LogP contribution in [0.5, 0.6) is 0 Å². The Morgan fingerprint density at radius 1 is 1.05 bits per heavy atom. The molecule has 0 aliphatic heterocycles. The molecule has 0 heterocycles. The van der Waals surface area contributed by atoms with Crippen LogP contribution >= 0.6 is 11.8 Å². The SMILES string of the molecule is COC(=O)c1ccc(NC(=O)[C@H](C)Sc2ccccc2)cc1. The molecule has 1 atom stereocenters. The lowest BCUT2D eigenvalue weighted by molar-refractivity contribution is -0.115. The number of ether oxygens (including phenoxy) is 1. The van der Waals surface area contributed by atoms with E-state index in [1.807, 2.05) is 37.3 Å². The highest BCUT2D eigenvalue weighted by Crippen LogP contribution is 2.23. The fraction of sp³-hybridized carbons (Fsp3) is 0.176. The van der Waals surface area contributed by atoms with Gasteiger partial charge in [0.1, 0.15) is 0 Å². The number of carbonyl (C=O) groups excluding carboxylic acids is 2. The molecule has 0 radical (unpaired) electrons. The Morgan fingerprint density at radius 3 is 2.27 bits per heavy atom. The zero-order valence-electron chi connectivity index (χ0n) is 12.4. The van der Waals surface area contributed by atoms with E-state index in [-0.39, 0.29) is 11.2 Å². The van der Waals surface area contributed by atoms with Gasteiger partial charge in [-0.25, -0.2) is 4.79 Å². The van der Waals surface area contributed by atoms with Gasteiger partial charge in [-0.05, 0) is 43.3 Å². The summed E-state index contributed by atoms with van der Waals surface area (Å²) < 4.78 is 4.63. The Kier molecular flexibility index (Phi) is 5.61. The second-order valence-electron chi connectivity index (χ2n) is 4.63. The molecule has 0 fully saturated rings. The molecule has 2 aromatic rings. The van der Waals surface area contributed by atoms with Crippen molar-refractivity contribution in [3.8, 4) is 0 Å². The first-order valence-corrected chi connectivity index (χ1v) is 7.69. The fourth-order valence-corrected chi connectivity index (χ4v) is 2.70. The van der Waals surface area contributed by atoms with E-state index in [0.717, 1.165) is 4.90 Å². The van der Waals surface area contributed by atoms with E-state index in [4.69, 9.17) is 0 Å². The number of rotatable bonds is 5. The summed E-state index contributed by atoms with van der Waals surface area (Å²) in [6.45, 7) is 1.86. The largest absolute Gasteiger partial charge is 0.465 e. The summed E-state index contributed by atoms with van der Waals surface area (Å²) in [5.41, 5.74) is 1.10. The van der Waals surface area contributed by atoms with Gasteiger partial charge in [-0.2, -0.15) is 0 Å². The number of esters is 1. The maximum atomic E-state index is 12.2. The third-order valence-corrected chi connectivity index (χ3v) is 4.11. The molecule has 0 saturated carbocycles. The van der Waals surface area contributed by atoms with Gasteiger partial charge in [-0.1, -0.05) is 18.2 Å². The Balaban J connectivity index is 1.95. The molecule has 0 aromatic heterocycles. The third kappa shape index (κ3) is 4.36. The first-order chi connectivity index (χ1) is 10.6.